The van der Waals surface area contributed by atoms with E-state index in [1.165, 1.54) is 0 Å². The standard InChI is InChI=1S/C6H14O3Si2/c1-3-11(8-10-9-11)6-4-5-7-2/h3-6H2,1-2H3. The van der Waals surface area contributed by atoms with Crippen molar-refractivity contribution in [2.45, 2.75) is 25.4 Å². The second kappa shape index (κ2) is 4.37. The summed E-state index contributed by atoms with van der Waals surface area (Å²) in [6.45, 7) is 2.97. The van der Waals surface area contributed by atoms with E-state index in [4.69, 9.17) is 13.0 Å². The summed E-state index contributed by atoms with van der Waals surface area (Å²) < 4.78 is 16.0. The van der Waals surface area contributed by atoms with Crippen LogP contribution in [-0.2, 0) is 13.0 Å². The Morgan fingerprint density at radius 2 is 2.18 bits per heavy atom. The van der Waals surface area contributed by atoms with Crippen molar-refractivity contribution >= 4 is 18.6 Å². The molecule has 5 heteroatoms. The molecular formula is C6H14O3Si2. The Morgan fingerprint density at radius 1 is 1.45 bits per heavy atom. The van der Waals surface area contributed by atoms with Gasteiger partial charge in [0.1, 0.15) is 0 Å². The first-order valence-corrected chi connectivity index (χ1v) is 6.97. The first kappa shape index (κ1) is 9.40. The van der Waals surface area contributed by atoms with Gasteiger partial charge in [-0.2, -0.15) is 0 Å². The van der Waals surface area contributed by atoms with Crippen LogP contribution in [0.2, 0.25) is 12.1 Å². The first-order chi connectivity index (χ1) is 5.33. The Hall–Kier alpha value is 0.314. The summed E-state index contributed by atoms with van der Waals surface area (Å²) in [5, 5.41) is 0. The average molecular weight is 190 g/mol. The molecule has 3 nitrogen and oxygen atoms in total. The lowest BCUT2D eigenvalue weighted by molar-refractivity contribution is 0.192. The van der Waals surface area contributed by atoms with Crippen LogP contribution in [0, 0.1) is 0 Å². The number of rotatable bonds is 5. The highest BCUT2D eigenvalue weighted by Crippen LogP contribution is 2.26. The van der Waals surface area contributed by atoms with Crippen LogP contribution in [0.25, 0.3) is 0 Å². The molecule has 0 atom stereocenters. The summed E-state index contributed by atoms with van der Waals surface area (Å²) in [6, 6.07) is 2.16. The molecule has 0 N–H and O–H groups in total. The van der Waals surface area contributed by atoms with Gasteiger partial charge >= 0.3 is 18.6 Å². The van der Waals surface area contributed by atoms with E-state index in [-0.39, 0.29) is 0 Å². The summed E-state index contributed by atoms with van der Waals surface area (Å²) in [6.07, 6.45) is 1.07. The van der Waals surface area contributed by atoms with E-state index in [0.717, 1.165) is 25.1 Å². The molecule has 0 aromatic rings. The zero-order valence-corrected chi connectivity index (χ0v) is 9.05. The molecule has 0 bridgehead atoms. The summed E-state index contributed by atoms with van der Waals surface area (Å²) in [5.74, 6) is 0. The van der Waals surface area contributed by atoms with Gasteiger partial charge in [-0.25, -0.2) is 0 Å². The van der Waals surface area contributed by atoms with Crippen molar-refractivity contribution in [2.75, 3.05) is 13.7 Å². The SMILES string of the molecule is CC[Si]1(CCCOC)O[Si]O1. The minimum absolute atomic E-state index is 0.312. The molecule has 0 aliphatic carbocycles. The highest BCUT2D eigenvalue weighted by molar-refractivity contribution is 6.80. The van der Waals surface area contributed by atoms with Gasteiger partial charge in [-0.1, -0.05) is 6.92 Å². The number of methoxy groups -OCH3 is 1. The molecule has 1 aliphatic heterocycles. The van der Waals surface area contributed by atoms with Gasteiger partial charge in [0, 0.05) is 13.7 Å². The van der Waals surface area contributed by atoms with Crippen LogP contribution in [0.5, 0.6) is 0 Å². The van der Waals surface area contributed by atoms with Gasteiger partial charge in [-0.15, -0.1) is 0 Å². The van der Waals surface area contributed by atoms with Gasteiger partial charge in [0.2, 0.25) is 0 Å². The smallest absolute Gasteiger partial charge is 0.413 e. The fourth-order valence-electron chi connectivity index (χ4n) is 1.07. The van der Waals surface area contributed by atoms with Crippen LogP contribution in [0.4, 0.5) is 0 Å². The van der Waals surface area contributed by atoms with Gasteiger partial charge in [-0.05, 0) is 18.5 Å². The summed E-state index contributed by atoms with van der Waals surface area (Å²) in [7, 11) is 0.417. The molecule has 0 saturated carbocycles. The maximum atomic E-state index is 5.50. The lowest BCUT2D eigenvalue weighted by Gasteiger charge is -2.37. The van der Waals surface area contributed by atoms with E-state index in [1.807, 2.05) is 0 Å². The highest BCUT2D eigenvalue weighted by Gasteiger charge is 2.43. The van der Waals surface area contributed by atoms with Crippen molar-refractivity contribution in [2.24, 2.45) is 0 Å². The van der Waals surface area contributed by atoms with E-state index in [1.54, 1.807) is 7.11 Å². The summed E-state index contributed by atoms with van der Waals surface area (Å²) >= 11 is 0. The van der Waals surface area contributed by atoms with Gasteiger partial charge < -0.3 is 13.0 Å². The van der Waals surface area contributed by atoms with Gasteiger partial charge in [0.25, 0.3) is 0 Å². The van der Waals surface area contributed by atoms with Crippen LogP contribution in [0.1, 0.15) is 13.3 Å². The Bertz CT molecular complexity index is 111. The van der Waals surface area contributed by atoms with Crippen molar-refractivity contribution in [3.05, 3.63) is 0 Å². The molecule has 1 saturated heterocycles. The fraction of sp³-hybridized carbons (Fsp3) is 1.00. The van der Waals surface area contributed by atoms with E-state index in [2.05, 4.69) is 6.92 Å². The third-order valence-electron chi connectivity index (χ3n) is 1.90. The number of ether oxygens (including phenoxy) is 1. The molecule has 0 aromatic heterocycles. The van der Waals surface area contributed by atoms with Crippen molar-refractivity contribution in [3.8, 4) is 0 Å². The molecular weight excluding hydrogens is 176 g/mol. The molecule has 11 heavy (non-hydrogen) atoms. The molecule has 1 fully saturated rings. The molecule has 0 amide bonds. The van der Waals surface area contributed by atoms with Crippen LogP contribution in [0.15, 0.2) is 0 Å². The minimum Gasteiger partial charge on any atom is -0.414 e. The van der Waals surface area contributed by atoms with E-state index >= 15 is 0 Å². The van der Waals surface area contributed by atoms with Crippen molar-refractivity contribution in [1.29, 1.82) is 0 Å². The molecule has 0 spiro atoms. The van der Waals surface area contributed by atoms with Gasteiger partial charge in [-0.3, -0.25) is 0 Å². The lowest BCUT2D eigenvalue weighted by atomic mass is 10.5. The second-order valence-corrected chi connectivity index (χ2v) is 7.48. The molecule has 64 valence electrons. The minimum atomic E-state index is -1.62. The average Bonchev–Trinajstić information content (AvgIpc) is 1.95. The zero-order valence-electron chi connectivity index (χ0n) is 7.05. The maximum absolute atomic E-state index is 5.50. The largest absolute Gasteiger partial charge is 0.414 e. The van der Waals surface area contributed by atoms with E-state index < -0.39 is 8.56 Å². The van der Waals surface area contributed by atoms with Crippen molar-refractivity contribution in [3.63, 3.8) is 0 Å². The predicted molar refractivity (Wildman–Crippen MR) is 45.5 cm³/mol. The number of hydrogen-bond acceptors (Lipinski definition) is 3. The molecule has 1 rings (SSSR count). The van der Waals surface area contributed by atoms with E-state index in [9.17, 15) is 0 Å². The third kappa shape index (κ3) is 2.38. The molecule has 1 heterocycles. The monoisotopic (exact) mass is 190 g/mol. The quantitative estimate of drug-likeness (QED) is 0.479. The van der Waals surface area contributed by atoms with Gasteiger partial charge in [0.05, 0.1) is 0 Å². The summed E-state index contributed by atoms with van der Waals surface area (Å²) in [5.41, 5.74) is 0. The maximum Gasteiger partial charge on any atom is 0.413 e. The topological polar surface area (TPSA) is 27.7 Å². The van der Waals surface area contributed by atoms with Crippen molar-refractivity contribution < 1.29 is 13.0 Å². The highest BCUT2D eigenvalue weighted by atomic mass is 28.5. The molecule has 0 aromatic carbocycles. The lowest BCUT2D eigenvalue weighted by Crippen LogP contribution is -2.54. The normalized spacial score (nSPS) is 21.3. The Labute approximate surface area is 71.3 Å². The van der Waals surface area contributed by atoms with Crippen molar-refractivity contribution in [1.82, 2.24) is 0 Å². The van der Waals surface area contributed by atoms with Crippen LogP contribution in [0.3, 0.4) is 0 Å². The predicted octanol–water partition coefficient (Wildman–Crippen LogP) is 1.07. The first-order valence-electron chi connectivity index (χ1n) is 3.93. The van der Waals surface area contributed by atoms with Crippen LogP contribution in [-0.4, -0.2) is 32.3 Å². The Morgan fingerprint density at radius 3 is 2.55 bits per heavy atom. The zero-order chi connectivity index (χ0) is 8.16. The Balaban J connectivity index is 2.11. The van der Waals surface area contributed by atoms with E-state index in [0.29, 0.717) is 10.0 Å². The third-order valence-corrected chi connectivity index (χ3v) is 7.74. The van der Waals surface area contributed by atoms with Crippen LogP contribution < -0.4 is 0 Å². The number of hydrogen-bond donors (Lipinski definition) is 0. The van der Waals surface area contributed by atoms with Crippen LogP contribution >= 0.6 is 0 Å². The molecule has 1 aliphatic rings. The molecule has 0 unspecified atom stereocenters. The Kier molecular flexibility index (Phi) is 3.73. The summed E-state index contributed by atoms with van der Waals surface area (Å²) in [4.78, 5) is 0. The fourth-order valence-corrected chi connectivity index (χ4v) is 5.35. The molecule has 2 radical (unpaired) electrons. The van der Waals surface area contributed by atoms with Gasteiger partial charge in [0.15, 0.2) is 0 Å². The second-order valence-electron chi connectivity index (χ2n) is 2.65.